The molecule has 8 nitrogen and oxygen atoms in total. The minimum Gasteiger partial charge on any atom is -0.490 e. The molecule has 0 saturated carbocycles. The van der Waals surface area contributed by atoms with Gasteiger partial charge in [0.05, 0.1) is 17.8 Å². The van der Waals surface area contributed by atoms with Gasteiger partial charge in [0.1, 0.15) is 4.88 Å². The SMILES string of the molecule is CCOc1cc(/C=N\NC(=O)c2ccc(NC(=O)c3cccc(C)c3)cc2)ccc1OC(=O)c1sc2cc(C)ccc2c1Cl. The van der Waals surface area contributed by atoms with E-state index >= 15 is 0 Å². The van der Waals surface area contributed by atoms with Crippen LogP contribution in [-0.4, -0.2) is 30.6 Å². The average molecular weight is 626 g/mol. The zero-order valence-corrected chi connectivity index (χ0v) is 25.7. The number of benzene rings is 4. The Balaban J connectivity index is 1.21. The number of hydrogen-bond acceptors (Lipinski definition) is 7. The number of ether oxygens (including phenoxy) is 2. The molecule has 222 valence electrons. The molecule has 44 heavy (non-hydrogen) atoms. The molecule has 0 aliphatic heterocycles. The number of nitrogens with one attached hydrogen (secondary N) is 2. The Morgan fingerprint density at radius 2 is 1.64 bits per heavy atom. The van der Waals surface area contributed by atoms with Crippen molar-refractivity contribution in [2.75, 3.05) is 11.9 Å². The van der Waals surface area contributed by atoms with E-state index in [-0.39, 0.29) is 11.7 Å². The molecule has 5 aromatic rings. The Morgan fingerprint density at radius 1 is 0.864 bits per heavy atom. The van der Waals surface area contributed by atoms with Crippen LogP contribution in [0.5, 0.6) is 11.5 Å². The number of esters is 1. The second-order valence-corrected chi connectivity index (χ2v) is 11.3. The Kier molecular flexibility index (Phi) is 9.38. The molecule has 5 rings (SSSR count). The van der Waals surface area contributed by atoms with E-state index in [1.807, 2.05) is 51.1 Å². The molecule has 1 heterocycles. The Bertz CT molecular complexity index is 1900. The molecule has 0 spiro atoms. The minimum absolute atomic E-state index is 0.234. The van der Waals surface area contributed by atoms with Crippen LogP contribution in [0, 0.1) is 13.8 Å². The van der Waals surface area contributed by atoms with Gasteiger partial charge in [0.15, 0.2) is 11.5 Å². The van der Waals surface area contributed by atoms with Crippen LogP contribution in [0.4, 0.5) is 5.69 Å². The first-order valence-electron chi connectivity index (χ1n) is 13.7. The molecule has 0 aliphatic rings. The number of aryl methyl sites for hydroxylation is 2. The van der Waals surface area contributed by atoms with Gasteiger partial charge in [-0.25, -0.2) is 10.2 Å². The predicted octanol–water partition coefficient (Wildman–Crippen LogP) is 7.81. The highest BCUT2D eigenvalue weighted by Crippen LogP contribution is 2.37. The third kappa shape index (κ3) is 7.14. The number of carbonyl (C=O) groups excluding carboxylic acids is 3. The lowest BCUT2D eigenvalue weighted by molar-refractivity contribution is 0.0733. The molecule has 0 atom stereocenters. The van der Waals surface area contributed by atoms with E-state index < -0.39 is 11.9 Å². The first-order chi connectivity index (χ1) is 21.2. The van der Waals surface area contributed by atoms with E-state index in [0.29, 0.717) is 44.6 Å². The number of hydrazone groups is 1. The normalized spacial score (nSPS) is 11.0. The van der Waals surface area contributed by atoms with Gasteiger partial charge in [0.2, 0.25) is 0 Å². The fraction of sp³-hybridized carbons (Fsp3) is 0.118. The van der Waals surface area contributed by atoms with Crippen LogP contribution >= 0.6 is 22.9 Å². The second-order valence-electron chi connectivity index (χ2n) is 9.87. The highest BCUT2D eigenvalue weighted by molar-refractivity contribution is 7.21. The highest BCUT2D eigenvalue weighted by atomic mass is 35.5. The summed E-state index contributed by atoms with van der Waals surface area (Å²) in [6.45, 7) is 6.05. The van der Waals surface area contributed by atoms with Crippen molar-refractivity contribution in [1.29, 1.82) is 0 Å². The number of thiophene rings is 1. The first kappa shape index (κ1) is 30.5. The van der Waals surface area contributed by atoms with Crippen molar-refractivity contribution in [2.45, 2.75) is 20.8 Å². The van der Waals surface area contributed by atoms with Gasteiger partial charge in [-0.3, -0.25) is 9.59 Å². The third-order valence-corrected chi connectivity index (χ3v) is 8.14. The molecule has 4 aromatic carbocycles. The van der Waals surface area contributed by atoms with Gasteiger partial charge < -0.3 is 14.8 Å². The Hall–Kier alpha value is -4.99. The second kappa shape index (κ2) is 13.5. The summed E-state index contributed by atoms with van der Waals surface area (Å²) in [6.07, 6.45) is 1.45. The molecule has 0 fully saturated rings. The lowest BCUT2D eigenvalue weighted by Gasteiger charge is -2.11. The largest absolute Gasteiger partial charge is 0.490 e. The maximum absolute atomic E-state index is 13.0. The molecule has 0 aliphatic carbocycles. The zero-order valence-electron chi connectivity index (χ0n) is 24.1. The summed E-state index contributed by atoms with van der Waals surface area (Å²) in [5.74, 6) is -0.667. The number of hydrogen-bond donors (Lipinski definition) is 2. The summed E-state index contributed by atoms with van der Waals surface area (Å²) in [5, 5.41) is 8.02. The molecule has 0 bridgehead atoms. The van der Waals surface area contributed by atoms with E-state index in [9.17, 15) is 14.4 Å². The molecular formula is C34H28ClN3O5S. The van der Waals surface area contributed by atoms with Gasteiger partial charge >= 0.3 is 5.97 Å². The topological polar surface area (TPSA) is 106 Å². The molecular weight excluding hydrogens is 598 g/mol. The summed E-state index contributed by atoms with van der Waals surface area (Å²) in [7, 11) is 0. The van der Waals surface area contributed by atoms with Crippen molar-refractivity contribution < 1.29 is 23.9 Å². The molecule has 0 unspecified atom stereocenters. The maximum atomic E-state index is 13.0. The van der Waals surface area contributed by atoms with Crippen LogP contribution in [-0.2, 0) is 0 Å². The van der Waals surface area contributed by atoms with Gasteiger partial charge in [-0.05, 0) is 92.6 Å². The average Bonchev–Trinajstić information content (AvgIpc) is 3.34. The van der Waals surface area contributed by atoms with E-state index in [0.717, 1.165) is 21.2 Å². The van der Waals surface area contributed by atoms with Gasteiger partial charge in [0.25, 0.3) is 11.8 Å². The Labute approximate surface area is 263 Å². The van der Waals surface area contributed by atoms with Crippen LogP contribution in [0.3, 0.4) is 0 Å². The van der Waals surface area contributed by atoms with Crippen molar-refractivity contribution in [3.63, 3.8) is 0 Å². The lowest BCUT2D eigenvalue weighted by Crippen LogP contribution is -2.18. The van der Waals surface area contributed by atoms with Gasteiger partial charge in [-0.1, -0.05) is 41.4 Å². The number of anilines is 1. The summed E-state index contributed by atoms with van der Waals surface area (Å²) in [5.41, 5.74) is 6.63. The molecule has 10 heteroatoms. The monoisotopic (exact) mass is 625 g/mol. The summed E-state index contributed by atoms with van der Waals surface area (Å²) in [6, 6.07) is 24.5. The summed E-state index contributed by atoms with van der Waals surface area (Å²) >= 11 is 7.76. The van der Waals surface area contributed by atoms with Crippen LogP contribution in [0.1, 0.15) is 54.0 Å². The summed E-state index contributed by atoms with van der Waals surface area (Å²) in [4.78, 5) is 38.4. The van der Waals surface area contributed by atoms with E-state index in [2.05, 4.69) is 15.8 Å². The van der Waals surface area contributed by atoms with Crippen molar-refractivity contribution in [3.05, 3.63) is 123 Å². The van der Waals surface area contributed by atoms with Crippen molar-refractivity contribution in [1.82, 2.24) is 5.43 Å². The number of amides is 2. The van der Waals surface area contributed by atoms with E-state index in [1.54, 1.807) is 54.6 Å². The number of carbonyl (C=O) groups is 3. The fourth-order valence-corrected chi connectivity index (χ4v) is 5.82. The third-order valence-electron chi connectivity index (χ3n) is 6.51. The van der Waals surface area contributed by atoms with Crippen LogP contribution in [0.2, 0.25) is 5.02 Å². The number of rotatable bonds is 9. The standard InChI is InChI=1S/C34H28ClN3O5S/c1-4-42-28-18-22(9-15-27(28)43-34(41)31-30(35)26-14-8-21(3)17-29(26)44-31)19-36-38-33(40)23-10-12-25(13-11-23)37-32(39)24-7-5-6-20(2)16-24/h5-19H,4H2,1-3H3,(H,37,39)(H,38,40)/b36-19-. The number of fused-ring (bicyclic) bond motifs is 1. The molecule has 0 radical (unpaired) electrons. The fourth-order valence-electron chi connectivity index (χ4n) is 4.33. The van der Waals surface area contributed by atoms with Gasteiger partial charge in [-0.15, -0.1) is 11.3 Å². The molecule has 2 N–H and O–H groups in total. The van der Waals surface area contributed by atoms with Crippen molar-refractivity contribution >= 4 is 62.7 Å². The maximum Gasteiger partial charge on any atom is 0.355 e. The molecule has 2 amide bonds. The van der Waals surface area contributed by atoms with Gasteiger partial charge in [0, 0.05) is 26.9 Å². The minimum atomic E-state index is -0.579. The smallest absolute Gasteiger partial charge is 0.355 e. The summed E-state index contributed by atoms with van der Waals surface area (Å²) < 4.78 is 12.3. The molecule has 1 aromatic heterocycles. The van der Waals surface area contributed by atoms with E-state index in [4.69, 9.17) is 21.1 Å². The zero-order chi connectivity index (χ0) is 31.2. The van der Waals surface area contributed by atoms with Gasteiger partial charge in [-0.2, -0.15) is 5.10 Å². The highest BCUT2D eigenvalue weighted by Gasteiger charge is 2.21. The lowest BCUT2D eigenvalue weighted by atomic mass is 10.1. The van der Waals surface area contributed by atoms with Crippen molar-refractivity contribution in [3.8, 4) is 11.5 Å². The Morgan fingerprint density at radius 3 is 2.39 bits per heavy atom. The quantitative estimate of drug-likeness (QED) is 0.0752. The van der Waals surface area contributed by atoms with Crippen LogP contribution in [0.15, 0.2) is 90.0 Å². The van der Waals surface area contributed by atoms with E-state index in [1.165, 1.54) is 17.6 Å². The number of nitrogens with zero attached hydrogens (tertiary/aromatic N) is 1. The van der Waals surface area contributed by atoms with Crippen LogP contribution in [0.25, 0.3) is 10.1 Å². The van der Waals surface area contributed by atoms with Crippen LogP contribution < -0.4 is 20.2 Å². The predicted molar refractivity (Wildman–Crippen MR) is 175 cm³/mol. The van der Waals surface area contributed by atoms with Crippen molar-refractivity contribution in [2.24, 2.45) is 5.10 Å². The number of halogens is 1. The first-order valence-corrected chi connectivity index (χ1v) is 14.9. The molecule has 0 saturated heterocycles.